The van der Waals surface area contributed by atoms with E-state index < -0.39 is 4.92 Å². The van der Waals surface area contributed by atoms with Gasteiger partial charge in [0.15, 0.2) is 0 Å². The topological polar surface area (TPSA) is 88.0 Å². The van der Waals surface area contributed by atoms with Gasteiger partial charge in [-0.15, -0.1) is 0 Å². The summed E-state index contributed by atoms with van der Waals surface area (Å²) in [4.78, 5) is 27.2. The molecule has 1 aliphatic heterocycles. The number of nitrogens with zero attached hydrogens (tertiary/aromatic N) is 3. The Balaban J connectivity index is 1.56. The number of carbonyl (C=O) groups excluding carboxylic acids is 1. The molecule has 0 radical (unpaired) electrons. The van der Waals surface area contributed by atoms with E-state index in [1.54, 1.807) is 24.3 Å². The zero-order chi connectivity index (χ0) is 21.0. The fraction of sp³-hybridized carbons (Fsp3) is 0.350. The van der Waals surface area contributed by atoms with Crippen LogP contribution >= 0.6 is 11.6 Å². The number of nitro groups is 1. The summed E-state index contributed by atoms with van der Waals surface area (Å²) < 4.78 is 5.29. The molecule has 1 N–H and O–H groups in total. The van der Waals surface area contributed by atoms with Crippen molar-refractivity contribution in [3.63, 3.8) is 0 Å². The molecule has 0 aliphatic carbocycles. The number of hydrogen-bond donors (Lipinski definition) is 1. The molecule has 1 heterocycles. The summed E-state index contributed by atoms with van der Waals surface area (Å²) in [6.07, 6.45) is 0. The van der Waals surface area contributed by atoms with Gasteiger partial charge in [0.1, 0.15) is 5.75 Å². The molecule has 0 unspecified atom stereocenters. The molecule has 0 saturated carbocycles. The third-order valence-electron chi connectivity index (χ3n) is 4.90. The number of ether oxygens (including phenoxy) is 1. The standard InChI is InChI=1S/C20H23ClN4O4/c1-14-10-18(19(29-2)12-17(14)21)22-20(26)13-23-6-8-24(9-7-23)15-4-3-5-16(11-15)25(27)28/h3-5,10-12H,6-9,13H2,1-2H3,(H,22,26). The van der Waals surface area contributed by atoms with E-state index in [1.807, 2.05) is 13.0 Å². The van der Waals surface area contributed by atoms with E-state index in [4.69, 9.17) is 16.3 Å². The van der Waals surface area contributed by atoms with Crippen LogP contribution in [0.25, 0.3) is 0 Å². The molecule has 1 amide bonds. The van der Waals surface area contributed by atoms with Crippen molar-refractivity contribution in [1.82, 2.24) is 4.90 Å². The first-order valence-corrected chi connectivity index (χ1v) is 9.61. The first-order chi connectivity index (χ1) is 13.9. The third kappa shape index (κ3) is 5.16. The highest BCUT2D eigenvalue weighted by Crippen LogP contribution is 2.31. The molecule has 2 aromatic carbocycles. The van der Waals surface area contributed by atoms with Crippen molar-refractivity contribution in [2.75, 3.05) is 50.1 Å². The molecule has 3 rings (SSSR count). The van der Waals surface area contributed by atoms with Crippen LogP contribution in [0.5, 0.6) is 5.75 Å². The van der Waals surface area contributed by atoms with E-state index in [9.17, 15) is 14.9 Å². The molecule has 0 spiro atoms. The van der Waals surface area contributed by atoms with E-state index in [0.29, 0.717) is 42.6 Å². The van der Waals surface area contributed by atoms with Gasteiger partial charge >= 0.3 is 0 Å². The minimum atomic E-state index is -0.392. The van der Waals surface area contributed by atoms with Crippen molar-refractivity contribution in [3.8, 4) is 5.75 Å². The van der Waals surface area contributed by atoms with Gasteiger partial charge in [0, 0.05) is 55.1 Å². The highest BCUT2D eigenvalue weighted by atomic mass is 35.5. The lowest BCUT2D eigenvalue weighted by molar-refractivity contribution is -0.384. The van der Waals surface area contributed by atoms with Gasteiger partial charge in [-0.05, 0) is 24.6 Å². The Bertz CT molecular complexity index is 913. The minimum absolute atomic E-state index is 0.0801. The Morgan fingerprint density at radius 2 is 1.97 bits per heavy atom. The predicted molar refractivity (Wildman–Crippen MR) is 113 cm³/mol. The van der Waals surface area contributed by atoms with Crippen LogP contribution in [0.4, 0.5) is 17.1 Å². The van der Waals surface area contributed by atoms with E-state index in [0.717, 1.165) is 11.3 Å². The highest BCUT2D eigenvalue weighted by Gasteiger charge is 2.21. The zero-order valence-electron chi connectivity index (χ0n) is 16.4. The second-order valence-electron chi connectivity index (χ2n) is 6.89. The lowest BCUT2D eigenvalue weighted by Gasteiger charge is -2.35. The molecular formula is C20H23ClN4O4. The maximum atomic E-state index is 12.5. The molecule has 0 aromatic heterocycles. The Morgan fingerprint density at radius 3 is 2.62 bits per heavy atom. The van der Waals surface area contributed by atoms with Crippen molar-refractivity contribution in [2.45, 2.75) is 6.92 Å². The lowest BCUT2D eigenvalue weighted by Crippen LogP contribution is -2.48. The van der Waals surface area contributed by atoms with Gasteiger partial charge < -0.3 is 15.0 Å². The first-order valence-electron chi connectivity index (χ1n) is 9.23. The van der Waals surface area contributed by atoms with E-state index in [-0.39, 0.29) is 18.1 Å². The van der Waals surface area contributed by atoms with Crippen LogP contribution < -0.4 is 15.0 Å². The number of aryl methyl sites for hydroxylation is 1. The number of methoxy groups -OCH3 is 1. The molecule has 8 nitrogen and oxygen atoms in total. The van der Waals surface area contributed by atoms with Gasteiger partial charge in [0.2, 0.25) is 5.91 Å². The second kappa shape index (κ2) is 9.11. The molecule has 1 saturated heterocycles. The molecule has 9 heteroatoms. The highest BCUT2D eigenvalue weighted by molar-refractivity contribution is 6.31. The molecule has 2 aromatic rings. The SMILES string of the molecule is COc1cc(Cl)c(C)cc1NC(=O)CN1CCN(c2cccc([N+](=O)[O-])c2)CC1. The maximum absolute atomic E-state index is 12.5. The summed E-state index contributed by atoms with van der Waals surface area (Å²) in [6, 6.07) is 10.1. The van der Waals surface area contributed by atoms with Crippen LogP contribution in [0.1, 0.15) is 5.56 Å². The number of halogens is 1. The summed E-state index contributed by atoms with van der Waals surface area (Å²) >= 11 is 6.11. The number of amides is 1. The molecule has 0 atom stereocenters. The smallest absolute Gasteiger partial charge is 0.271 e. The van der Waals surface area contributed by atoms with Crippen molar-refractivity contribution in [1.29, 1.82) is 0 Å². The van der Waals surface area contributed by atoms with Gasteiger partial charge in [-0.2, -0.15) is 0 Å². The Hall–Kier alpha value is -2.84. The van der Waals surface area contributed by atoms with E-state index in [1.165, 1.54) is 13.2 Å². The predicted octanol–water partition coefficient (Wildman–Crippen LogP) is 3.33. The summed E-state index contributed by atoms with van der Waals surface area (Å²) in [5, 5.41) is 14.4. The zero-order valence-corrected chi connectivity index (χ0v) is 17.1. The van der Waals surface area contributed by atoms with Gasteiger partial charge in [-0.25, -0.2) is 0 Å². The van der Waals surface area contributed by atoms with Gasteiger partial charge in [0.25, 0.3) is 5.69 Å². The number of hydrogen-bond acceptors (Lipinski definition) is 6. The quantitative estimate of drug-likeness (QED) is 0.572. The molecule has 0 bridgehead atoms. The normalized spacial score (nSPS) is 14.5. The number of anilines is 2. The summed E-state index contributed by atoms with van der Waals surface area (Å²) in [7, 11) is 1.53. The number of nitrogens with one attached hydrogen (secondary N) is 1. The monoisotopic (exact) mass is 418 g/mol. The number of benzene rings is 2. The van der Waals surface area contributed by atoms with Crippen LogP contribution in [0.3, 0.4) is 0 Å². The number of non-ortho nitro benzene ring substituents is 1. The number of piperazine rings is 1. The summed E-state index contributed by atoms with van der Waals surface area (Å²) in [6.45, 7) is 4.88. The van der Waals surface area contributed by atoms with Gasteiger partial charge in [0.05, 0.1) is 24.3 Å². The Kier molecular flexibility index (Phi) is 6.56. The molecule has 1 aliphatic rings. The van der Waals surface area contributed by atoms with Gasteiger partial charge in [-0.3, -0.25) is 19.8 Å². The number of nitro benzene ring substituents is 1. The third-order valence-corrected chi connectivity index (χ3v) is 5.31. The number of rotatable bonds is 6. The average molecular weight is 419 g/mol. The van der Waals surface area contributed by atoms with E-state index >= 15 is 0 Å². The Morgan fingerprint density at radius 1 is 1.24 bits per heavy atom. The first kappa shape index (κ1) is 20.9. The van der Waals surface area contributed by atoms with Crippen molar-refractivity contribution >= 4 is 34.6 Å². The molecule has 1 fully saturated rings. The maximum Gasteiger partial charge on any atom is 0.271 e. The van der Waals surface area contributed by atoms with Crippen LogP contribution in [-0.4, -0.2) is 55.6 Å². The summed E-state index contributed by atoms with van der Waals surface area (Å²) in [5.41, 5.74) is 2.35. The average Bonchev–Trinajstić information content (AvgIpc) is 2.71. The minimum Gasteiger partial charge on any atom is -0.495 e. The molecule has 29 heavy (non-hydrogen) atoms. The lowest BCUT2D eigenvalue weighted by atomic mass is 10.2. The van der Waals surface area contributed by atoms with Crippen molar-refractivity contribution < 1.29 is 14.5 Å². The molecule has 154 valence electrons. The fourth-order valence-electron chi connectivity index (χ4n) is 3.29. The van der Waals surface area contributed by atoms with E-state index in [2.05, 4.69) is 15.1 Å². The number of carbonyl (C=O) groups is 1. The van der Waals surface area contributed by atoms with Gasteiger partial charge in [-0.1, -0.05) is 17.7 Å². The molecular weight excluding hydrogens is 396 g/mol. The largest absolute Gasteiger partial charge is 0.495 e. The van der Waals surface area contributed by atoms with Crippen LogP contribution in [0.2, 0.25) is 5.02 Å². The van der Waals surface area contributed by atoms with Crippen LogP contribution in [-0.2, 0) is 4.79 Å². The van der Waals surface area contributed by atoms with Crippen molar-refractivity contribution in [3.05, 3.63) is 57.1 Å². The van der Waals surface area contributed by atoms with Crippen LogP contribution in [0, 0.1) is 17.0 Å². The fourth-order valence-corrected chi connectivity index (χ4v) is 3.44. The van der Waals surface area contributed by atoms with Crippen LogP contribution in [0.15, 0.2) is 36.4 Å². The van der Waals surface area contributed by atoms with Crippen molar-refractivity contribution in [2.24, 2.45) is 0 Å². The Labute approximate surface area is 174 Å². The summed E-state index contributed by atoms with van der Waals surface area (Å²) in [5.74, 6) is 0.387. The second-order valence-corrected chi connectivity index (χ2v) is 7.30.